The second-order valence-corrected chi connectivity index (χ2v) is 7.75. The van der Waals surface area contributed by atoms with Gasteiger partial charge >= 0.3 is 6.18 Å². The van der Waals surface area contributed by atoms with Crippen LogP contribution in [0.25, 0.3) is 0 Å². The van der Waals surface area contributed by atoms with Crippen LogP contribution in [0.2, 0.25) is 0 Å². The van der Waals surface area contributed by atoms with Gasteiger partial charge in [-0.2, -0.15) is 13.2 Å². The molecule has 0 unspecified atom stereocenters. The van der Waals surface area contributed by atoms with Gasteiger partial charge in [0.15, 0.2) is 6.10 Å². The summed E-state index contributed by atoms with van der Waals surface area (Å²) in [7, 11) is 0. The fourth-order valence-electron chi connectivity index (χ4n) is 3.21. The highest BCUT2D eigenvalue weighted by Gasteiger charge is 2.31. The summed E-state index contributed by atoms with van der Waals surface area (Å²) in [5, 5.41) is 4.10. The average molecular weight is 419 g/mol. The second-order valence-electron chi connectivity index (χ2n) is 7.75. The number of hydrogen-bond acceptors (Lipinski definition) is 4. The first-order chi connectivity index (χ1) is 14.2. The molecule has 1 aromatic heterocycles. The van der Waals surface area contributed by atoms with Crippen molar-refractivity contribution in [2.75, 3.05) is 6.54 Å². The number of carbonyl (C=O) groups is 1. The summed E-state index contributed by atoms with van der Waals surface area (Å²) in [6.07, 6.45) is -2.18. The SMILES string of the molecule is CC(C)CC(=O)N(Cc1ccc(C(F)(F)F)cc1)C[C@H]1CC(c2ccccn2)=NO1. The van der Waals surface area contributed by atoms with Crippen LogP contribution in [0.4, 0.5) is 13.2 Å². The third kappa shape index (κ3) is 5.81. The maximum atomic E-state index is 12.8. The van der Waals surface area contributed by atoms with Gasteiger partial charge in [0.2, 0.25) is 5.91 Å². The van der Waals surface area contributed by atoms with Crippen molar-refractivity contribution in [3.63, 3.8) is 0 Å². The number of halogens is 3. The van der Waals surface area contributed by atoms with Crippen molar-refractivity contribution in [1.29, 1.82) is 0 Å². The molecule has 30 heavy (non-hydrogen) atoms. The Labute approximate surface area is 173 Å². The molecule has 0 fully saturated rings. The van der Waals surface area contributed by atoms with Crippen molar-refractivity contribution < 1.29 is 22.8 Å². The van der Waals surface area contributed by atoms with Gasteiger partial charge in [-0.25, -0.2) is 0 Å². The maximum Gasteiger partial charge on any atom is 0.416 e. The molecule has 1 aromatic carbocycles. The summed E-state index contributed by atoms with van der Waals surface area (Å²) < 4.78 is 38.4. The molecule has 0 spiro atoms. The lowest BCUT2D eigenvalue weighted by Gasteiger charge is -2.26. The fraction of sp³-hybridized carbons (Fsp3) is 0.409. The third-order valence-electron chi connectivity index (χ3n) is 4.71. The Hall–Kier alpha value is -2.90. The molecule has 1 aliphatic rings. The van der Waals surface area contributed by atoms with Crippen LogP contribution in [0.3, 0.4) is 0 Å². The lowest BCUT2D eigenvalue weighted by Crippen LogP contribution is -2.37. The molecule has 0 radical (unpaired) electrons. The number of rotatable bonds is 7. The van der Waals surface area contributed by atoms with Crippen LogP contribution in [-0.4, -0.2) is 34.2 Å². The molecule has 0 bridgehead atoms. The van der Waals surface area contributed by atoms with E-state index in [1.165, 1.54) is 12.1 Å². The van der Waals surface area contributed by atoms with E-state index >= 15 is 0 Å². The topological polar surface area (TPSA) is 54.8 Å². The van der Waals surface area contributed by atoms with Gasteiger partial charge in [-0.3, -0.25) is 9.78 Å². The minimum Gasteiger partial charge on any atom is -0.390 e. The Kier molecular flexibility index (Phi) is 6.74. The predicted molar refractivity (Wildman–Crippen MR) is 107 cm³/mol. The molecule has 160 valence electrons. The summed E-state index contributed by atoms with van der Waals surface area (Å²) >= 11 is 0. The Balaban J connectivity index is 1.68. The van der Waals surface area contributed by atoms with E-state index in [2.05, 4.69) is 10.1 Å². The van der Waals surface area contributed by atoms with Crippen molar-refractivity contribution in [2.45, 2.75) is 45.5 Å². The van der Waals surface area contributed by atoms with Crippen LogP contribution in [0, 0.1) is 5.92 Å². The summed E-state index contributed by atoms with van der Waals surface area (Å²) in [5.74, 6) is 0.0946. The lowest BCUT2D eigenvalue weighted by atomic mass is 10.1. The van der Waals surface area contributed by atoms with Crippen LogP contribution >= 0.6 is 0 Å². The molecule has 8 heteroatoms. The van der Waals surface area contributed by atoms with Gasteiger partial charge in [0, 0.05) is 25.6 Å². The van der Waals surface area contributed by atoms with Gasteiger partial charge in [0.25, 0.3) is 0 Å². The lowest BCUT2D eigenvalue weighted by molar-refractivity contribution is -0.138. The van der Waals surface area contributed by atoms with E-state index in [0.717, 1.165) is 17.8 Å². The largest absolute Gasteiger partial charge is 0.416 e. The quantitative estimate of drug-likeness (QED) is 0.656. The van der Waals surface area contributed by atoms with Crippen molar-refractivity contribution in [2.24, 2.45) is 11.1 Å². The van der Waals surface area contributed by atoms with E-state index in [4.69, 9.17) is 4.84 Å². The zero-order valence-corrected chi connectivity index (χ0v) is 16.9. The predicted octanol–water partition coefficient (Wildman–Crippen LogP) is 4.67. The van der Waals surface area contributed by atoms with E-state index in [1.807, 2.05) is 32.0 Å². The minimum absolute atomic E-state index is 0.0696. The first kappa shape index (κ1) is 21.8. The van der Waals surface area contributed by atoms with Crippen LogP contribution in [0.5, 0.6) is 0 Å². The molecule has 0 N–H and O–H groups in total. The van der Waals surface area contributed by atoms with Gasteiger partial charge in [-0.05, 0) is 35.7 Å². The summed E-state index contributed by atoms with van der Waals surface area (Å²) in [4.78, 5) is 24.2. The first-order valence-corrected chi connectivity index (χ1v) is 9.80. The number of alkyl halides is 3. The van der Waals surface area contributed by atoms with E-state index in [0.29, 0.717) is 30.7 Å². The molecular formula is C22H24F3N3O2. The van der Waals surface area contributed by atoms with Crippen molar-refractivity contribution in [3.05, 3.63) is 65.5 Å². The molecule has 1 amide bonds. The van der Waals surface area contributed by atoms with Crippen LogP contribution < -0.4 is 0 Å². The Morgan fingerprint density at radius 1 is 1.20 bits per heavy atom. The minimum atomic E-state index is -4.39. The average Bonchev–Trinajstić information content (AvgIpc) is 3.16. The zero-order chi connectivity index (χ0) is 21.7. The van der Waals surface area contributed by atoms with Gasteiger partial charge in [-0.1, -0.05) is 37.2 Å². The number of nitrogens with zero attached hydrogens (tertiary/aromatic N) is 3. The number of hydrogen-bond donors (Lipinski definition) is 0. The highest BCUT2D eigenvalue weighted by molar-refractivity contribution is 5.99. The van der Waals surface area contributed by atoms with Gasteiger partial charge in [0.05, 0.1) is 17.8 Å². The summed E-state index contributed by atoms with van der Waals surface area (Å²) in [6.45, 7) is 4.40. The van der Waals surface area contributed by atoms with Crippen LogP contribution in [-0.2, 0) is 22.4 Å². The number of aromatic nitrogens is 1. The van der Waals surface area contributed by atoms with Crippen LogP contribution in [0.1, 0.15) is 43.5 Å². The standard InChI is InChI=1S/C22H24F3N3O2/c1-15(2)11-21(29)28(13-16-6-8-17(9-7-16)22(23,24)25)14-18-12-20(27-30-18)19-5-3-4-10-26-19/h3-10,15,18H,11-14H2,1-2H3/t18-/m1/s1. The van der Waals surface area contributed by atoms with Gasteiger partial charge in [-0.15, -0.1) is 0 Å². The number of amides is 1. The second kappa shape index (κ2) is 9.28. The molecule has 0 aliphatic carbocycles. The number of carbonyl (C=O) groups excluding carboxylic acids is 1. The molecular weight excluding hydrogens is 395 g/mol. The summed E-state index contributed by atoms with van der Waals surface area (Å²) in [5.41, 5.74) is 1.36. The van der Waals surface area contributed by atoms with Crippen LogP contribution in [0.15, 0.2) is 53.8 Å². The Bertz CT molecular complexity index is 881. The third-order valence-corrected chi connectivity index (χ3v) is 4.71. The normalized spacial score (nSPS) is 16.3. The van der Waals surface area contributed by atoms with Gasteiger partial charge < -0.3 is 9.74 Å². The van der Waals surface area contributed by atoms with E-state index in [1.54, 1.807) is 11.1 Å². The Morgan fingerprint density at radius 2 is 1.93 bits per heavy atom. The molecule has 1 atom stereocenters. The number of benzene rings is 1. The first-order valence-electron chi connectivity index (χ1n) is 9.80. The summed E-state index contributed by atoms with van der Waals surface area (Å²) in [6, 6.07) is 10.4. The Morgan fingerprint density at radius 3 is 2.53 bits per heavy atom. The van der Waals surface area contributed by atoms with E-state index in [9.17, 15) is 18.0 Å². The fourth-order valence-corrected chi connectivity index (χ4v) is 3.21. The monoisotopic (exact) mass is 419 g/mol. The van der Waals surface area contributed by atoms with Gasteiger partial charge in [0.1, 0.15) is 5.71 Å². The van der Waals surface area contributed by atoms with Crippen molar-refractivity contribution in [1.82, 2.24) is 9.88 Å². The van der Waals surface area contributed by atoms with Crippen molar-refractivity contribution >= 4 is 11.6 Å². The molecule has 2 heterocycles. The van der Waals surface area contributed by atoms with E-state index in [-0.39, 0.29) is 24.5 Å². The number of pyridine rings is 1. The molecule has 2 aromatic rings. The van der Waals surface area contributed by atoms with E-state index < -0.39 is 11.7 Å². The molecule has 0 saturated carbocycles. The molecule has 5 nitrogen and oxygen atoms in total. The smallest absolute Gasteiger partial charge is 0.390 e. The maximum absolute atomic E-state index is 12.8. The molecule has 1 aliphatic heterocycles. The molecule has 3 rings (SSSR count). The number of oxime groups is 1. The zero-order valence-electron chi connectivity index (χ0n) is 16.9. The highest BCUT2D eigenvalue weighted by Crippen LogP contribution is 2.29. The molecule has 0 saturated heterocycles. The van der Waals surface area contributed by atoms with Crippen molar-refractivity contribution in [3.8, 4) is 0 Å². The highest BCUT2D eigenvalue weighted by atomic mass is 19.4.